The van der Waals surface area contributed by atoms with Gasteiger partial charge in [-0.1, -0.05) is 23.2 Å². The largest absolute Gasteiger partial charge is 0.334 e. The molecule has 2 aliphatic heterocycles. The van der Waals surface area contributed by atoms with Gasteiger partial charge in [0.15, 0.2) is 0 Å². The molecule has 0 bridgehead atoms. The molecule has 7 N–H and O–H groups in total. The molecule has 1 aromatic carbocycles. The zero-order valence-electron chi connectivity index (χ0n) is 19.1. The SMILES string of the molecule is NC1CCC(C2(N)NC(Nc3cc(Cl)cc(Cl)c3)=NC=C2c2cnn(C3CCNCC3)c2)CC1. The Morgan fingerprint density at radius 3 is 2.44 bits per heavy atom. The van der Waals surface area contributed by atoms with E-state index in [1.807, 2.05) is 12.4 Å². The van der Waals surface area contributed by atoms with Crippen LogP contribution in [0.2, 0.25) is 10.0 Å². The Labute approximate surface area is 210 Å². The number of nitrogens with zero attached hydrogens (tertiary/aromatic N) is 3. The van der Waals surface area contributed by atoms with Crippen molar-refractivity contribution in [1.29, 1.82) is 0 Å². The van der Waals surface area contributed by atoms with Crippen LogP contribution in [0.5, 0.6) is 0 Å². The molecule has 0 amide bonds. The zero-order chi connectivity index (χ0) is 23.7. The highest BCUT2D eigenvalue weighted by molar-refractivity contribution is 6.35. The molecule has 2 fully saturated rings. The van der Waals surface area contributed by atoms with E-state index in [1.165, 1.54) is 0 Å². The lowest BCUT2D eigenvalue weighted by molar-refractivity contribution is 0.226. The Kier molecular flexibility index (Phi) is 6.86. The predicted octanol–water partition coefficient (Wildman–Crippen LogP) is 3.70. The van der Waals surface area contributed by atoms with Crippen LogP contribution in [0.3, 0.4) is 0 Å². The minimum atomic E-state index is -0.811. The maximum atomic E-state index is 7.21. The van der Waals surface area contributed by atoms with Crippen molar-refractivity contribution in [3.05, 3.63) is 52.4 Å². The Balaban J connectivity index is 1.46. The molecule has 8 nitrogen and oxygen atoms in total. The van der Waals surface area contributed by atoms with Crippen LogP contribution in [0.4, 0.5) is 5.69 Å². The molecule has 1 unspecified atom stereocenters. The topological polar surface area (TPSA) is 118 Å². The first-order valence-electron chi connectivity index (χ1n) is 12.0. The molecule has 3 aliphatic rings. The Morgan fingerprint density at radius 1 is 1.03 bits per heavy atom. The second-order valence-electron chi connectivity index (χ2n) is 9.60. The number of aromatic nitrogens is 2. The third-order valence-corrected chi connectivity index (χ3v) is 7.67. The van der Waals surface area contributed by atoms with Crippen LogP contribution in [0.1, 0.15) is 50.1 Å². The highest BCUT2D eigenvalue weighted by Crippen LogP contribution is 2.39. The van der Waals surface area contributed by atoms with E-state index in [4.69, 9.17) is 39.8 Å². The summed E-state index contributed by atoms with van der Waals surface area (Å²) in [7, 11) is 0. The summed E-state index contributed by atoms with van der Waals surface area (Å²) >= 11 is 12.4. The first-order valence-corrected chi connectivity index (χ1v) is 12.8. The summed E-state index contributed by atoms with van der Waals surface area (Å²) in [6, 6.07) is 5.94. The molecule has 182 valence electrons. The van der Waals surface area contributed by atoms with Crippen molar-refractivity contribution in [2.75, 3.05) is 18.4 Å². The molecular weight excluding hydrogens is 471 g/mol. The van der Waals surface area contributed by atoms with E-state index >= 15 is 0 Å². The molecule has 3 heterocycles. The summed E-state index contributed by atoms with van der Waals surface area (Å²) in [4.78, 5) is 4.66. The van der Waals surface area contributed by atoms with E-state index in [-0.39, 0.29) is 12.0 Å². The summed E-state index contributed by atoms with van der Waals surface area (Å²) in [5, 5.41) is 16.0. The average molecular weight is 503 g/mol. The maximum Gasteiger partial charge on any atom is 0.202 e. The Bertz CT molecular complexity index is 1060. The number of anilines is 1. The first-order chi connectivity index (χ1) is 16.4. The van der Waals surface area contributed by atoms with Crippen molar-refractivity contribution in [3.8, 4) is 0 Å². The van der Waals surface area contributed by atoms with Gasteiger partial charge < -0.3 is 27.4 Å². The Morgan fingerprint density at radius 2 is 1.74 bits per heavy atom. The van der Waals surface area contributed by atoms with E-state index in [0.29, 0.717) is 22.0 Å². The van der Waals surface area contributed by atoms with Gasteiger partial charge in [0.1, 0.15) is 5.66 Å². The number of hydrogen-bond acceptors (Lipinski definition) is 7. The van der Waals surface area contributed by atoms with Crippen molar-refractivity contribution in [2.24, 2.45) is 22.4 Å². The second kappa shape index (κ2) is 9.87. The molecular formula is C24H32Cl2N8. The van der Waals surface area contributed by atoms with Crippen LogP contribution >= 0.6 is 23.2 Å². The van der Waals surface area contributed by atoms with E-state index in [1.54, 1.807) is 18.2 Å². The number of aliphatic imine (C=N–C) groups is 1. The normalized spacial score (nSPS) is 28.1. The van der Waals surface area contributed by atoms with Crippen LogP contribution in [0.25, 0.3) is 5.57 Å². The van der Waals surface area contributed by atoms with Crippen LogP contribution in [0, 0.1) is 5.92 Å². The summed E-state index contributed by atoms with van der Waals surface area (Å²) < 4.78 is 2.08. The van der Waals surface area contributed by atoms with Crippen LogP contribution in [0.15, 0.2) is 41.8 Å². The molecule has 0 radical (unpaired) electrons. The van der Waals surface area contributed by atoms with Gasteiger partial charge in [-0.2, -0.15) is 5.10 Å². The highest BCUT2D eigenvalue weighted by atomic mass is 35.5. The third-order valence-electron chi connectivity index (χ3n) is 7.23. The predicted molar refractivity (Wildman–Crippen MR) is 139 cm³/mol. The summed E-state index contributed by atoms with van der Waals surface area (Å²) in [5.41, 5.74) is 15.3. The fourth-order valence-corrected chi connectivity index (χ4v) is 5.84. The van der Waals surface area contributed by atoms with Crippen LogP contribution < -0.4 is 27.4 Å². The number of guanidine groups is 1. The lowest BCUT2D eigenvalue weighted by Crippen LogP contribution is -2.64. The number of hydrogen-bond donors (Lipinski definition) is 5. The first kappa shape index (κ1) is 23.6. The second-order valence-corrected chi connectivity index (χ2v) is 10.5. The molecule has 5 rings (SSSR count). The van der Waals surface area contributed by atoms with Crippen molar-refractivity contribution in [3.63, 3.8) is 0 Å². The summed E-state index contributed by atoms with van der Waals surface area (Å²) in [6.45, 7) is 2.03. The van der Waals surface area contributed by atoms with Gasteiger partial charge in [-0.15, -0.1) is 0 Å². The Hall–Kier alpha value is -2.10. The molecule has 1 aromatic heterocycles. The lowest BCUT2D eigenvalue weighted by Gasteiger charge is -2.44. The van der Waals surface area contributed by atoms with Gasteiger partial charge >= 0.3 is 0 Å². The maximum absolute atomic E-state index is 7.21. The monoisotopic (exact) mass is 502 g/mol. The molecule has 1 aliphatic carbocycles. The molecule has 10 heteroatoms. The number of rotatable bonds is 4. The van der Waals surface area contributed by atoms with E-state index in [9.17, 15) is 0 Å². The molecule has 1 saturated carbocycles. The molecule has 1 atom stereocenters. The minimum Gasteiger partial charge on any atom is -0.334 e. The van der Waals surface area contributed by atoms with Crippen molar-refractivity contribution in [2.45, 2.75) is 56.3 Å². The van der Waals surface area contributed by atoms with Gasteiger partial charge in [-0.25, -0.2) is 4.99 Å². The zero-order valence-corrected chi connectivity index (χ0v) is 20.6. The molecule has 0 spiro atoms. The fourth-order valence-electron chi connectivity index (χ4n) is 5.32. The van der Waals surface area contributed by atoms with Gasteiger partial charge in [0, 0.05) is 45.3 Å². The van der Waals surface area contributed by atoms with Gasteiger partial charge in [0.05, 0.1) is 12.2 Å². The number of nitrogens with two attached hydrogens (primary N) is 2. The van der Waals surface area contributed by atoms with Crippen molar-refractivity contribution < 1.29 is 0 Å². The van der Waals surface area contributed by atoms with Gasteiger partial charge in [-0.3, -0.25) is 4.68 Å². The van der Waals surface area contributed by atoms with Gasteiger partial charge in [0.2, 0.25) is 5.96 Å². The smallest absolute Gasteiger partial charge is 0.202 e. The number of nitrogens with one attached hydrogen (secondary N) is 3. The minimum absolute atomic E-state index is 0.205. The van der Waals surface area contributed by atoms with Crippen molar-refractivity contribution >= 4 is 40.4 Å². The van der Waals surface area contributed by atoms with Gasteiger partial charge in [0.25, 0.3) is 0 Å². The average Bonchev–Trinajstić information content (AvgIpc) is 3.29. The quantitative estimate of drug-likeness (QED) is 0.434. The fraction of sp³-hybridized carbons (Fsp3) is 0.500. The molecule has 34 heavy (non-hydrogen) atoms. The summed E-state index contributed by atoms with van der Waals surface area (Å²) in [6.07, 6.45) is 11.8. The number of halogens is 2. The van der Waals surface area contributed by atoms with Crippen LogP contribution in [-0.4, -0.2) is 40.5 Å². The highest BCUT2D eigenvalue weighted by Gasteiger charge is 2.43. The molecule has 1 saturated heterocycles. The number of piperidine rings is 1. The molecule has 2 aromatic rings. The van der Waals surface area contributed by atoms with Crippen molar-refractivity contribution in [1.82, 2.24) is 20.4 Å². The third kappa shape index (κ3) is 4.97. The number of benzene rings is 1. The van der Waals surface area contributed by atoms with E-state index in [0.717, 1.165) is 68.4 Å². The summed E-state index contributed by atoms with van der Waals surface area (Å²) in [5.74, 6) is 0.765. The van der Waals surface area contributed by atoms with E-state index in [2.05, 4.69) is 31.8 Å². The van der Waals surface area contributed by atoms with Gasteiger partial charge in [-0.05, 0) is 75.7 Å². The van der Waals surface area contributed by atoms with Crippen LogP contribution in [-0.2, 0) is 0 Å². The standard InChI is InChI=1S/C24H32Cl2N8/c25-17-9-18(26)11-20(10-17)32-23-30-13-22(24(28,33-23)16-1-3-19(27)4-2-16)15-12-31-34(14-15)21-5-7-29-8-6-21/h9-14,16,19,21,29H,1-8,27-28H2,(H2,30,32,33). The van der Waals surface area contributed by atoms with E-state index < -0.39 is 5.66 Å². The lowest BCUT2D eigenvalue weighted by atomic mass is 9.74.